The van der Waals surface area contributed by atoms with Crippen LogP contribution < -0.4 is 10.5 Å². The van der Waals surface area contributed by atoms with Gasteiger partial charge < -0.3 is 5.73 Å². The van der Waals surface area contributed by atoms with E-state index in [0.29, 0.717) is 11.8 Å². The predicted octanol–water partition coefficient (Wildman–Crippen LogP) is 1.49. The topological polar surface area (TPSA) is 85.1 Å². The lowest BCUT2D eigenvalue weighted by Gasteiger charge is -2.11. The molecule has 1 fully saturated rings. The van der Waals surface area contributed by atoms with Crippen LogP contribution >= 0.6 is 23.4 Å². The van der Waals surface area contributed by atoms with Crippen LogP contribution in [0.15, 0.2) is 17.2 Å². The number of sulfonamides is 1. The van der Waals surface area contributed by atoms with E-state index in [0.717, 1.165) is 18.6 Å². The van der Waals surface area contributed by atoms with Crippen LogP contribution in [0.2, 0.25) is 5.02 Å². The van der Waals surface area contributed by atoms with Gasteiger partial charge in [0, 0.05) is 18.0 Å². The van der Waals surface area contributed by atoms with E-state index in [1.807, 2.05) is 0 Å². The number of nitrogens with one attached hydrogen (secondary N) is 1. The van der Waals surface area contributed by atoms with Crippen LogP contribution in [0.4, 0.5) is 5.82 Å². The summed E-state index contributed by atoms with van der Waals surface area (Å²) >= 11 is 7.56. The molecule has 0 saturated carbocycles. The van der Waals surface area contributed by atoms with Crippen LogP contribution in [0.5, 0.6) is 0 Å². The Labute approximate surface area is 116 Å². The van der Waals surface area contributed by atoms with Gasteiger partial charge in [0.05, 0.1) is 5.02 Å². The van der Waals surface area contributed by atoms with Crippen molar-refractivity contribution < 1.29 is 8.42 Å². The Balaban J connectivity index is 2.07. The summed E-state index contributed by atoms with van der Waals surface area (Å²) in [5, 5.41) is 0.505. The third kappa shape index (κ3) is 3.28. The van der Waals surface area contributed by atoms with Crippen molar-refractivity contribution in [2.45, 2.75) is 23.0 Å². The summed E-state index contributed by atoms with van der Waals surface area (Å²) < 4.78 is 26.6. The van der Waals surface area contributed by atoms with Gasteiger partial charge >= 0.3 is 0 Å². The molecule has 0 amide bonds. The summed E-state index contributed by atoms with van der Waals surface area (Å²) in [4.78, 5) is 3.79. The summed E-state index contributed by atoms with van der Waals surface area (Å²) in [6.45, 7) is 0.439. The molecule has 8 heteroatoms. The Hall–Kier alpha value is -0.500. The quantitative estimate of drug-likeness (QED) is 0.880. The molecule has 1 aliphatic heterocycles. The van der Waals surface area contributed by atoms with Gasteiger partial charge in [-0.05, 0) is 24.7 Å². The molecule has 1 aromatic heterocycles. The average Bonchev–Trinajstić information content (AvgIpc) is 2.83. The number of nitrogens with two attached hydrogens (primary N) is 1. The molecule has 0 radical (unpaired) electrons. The molecular weight excluding hydrogens is 294 g/mol. The number of nitrogen functional groups attached to an aromatic ring is 1. The van der Waals surface area contributed by atoms with Crippen LogP contribution in [0.3, 0.4) is 0 Å². The van der Waals surface area contributed by atoms with Gasteiger partial charge in [0.25, 0.3) is 0 Å². The number of aromatic nitrogens is 1. The number of anilines is 1. The molecule has 1 atom stereocenters. The fourth-order valence-corrected chi connectivity index (χ4v) is 4.26. The third-order valence-electron chi connectivity index (χ3n) is 2.68. The Morgan fingerprint density at radius 1 is 1.61 bits per heavy atom. The summed E-state index contributed by atoms with van der Waals surface area (Å²) in [6.07, 6.45) is 3.41. The molecule has 3 N–H and O–H groups in total. The van der Waals surface area contributed by atoms with Gasteiger partial charge in [-0.15, -0.1) is 0 Å². The second-order valence-corrected chi connectivity index (χ2v) is 7.61. The summed E-state index contributed by atoms with van der Waals surface area (Å²) in [5.41, 5.74) is 5.44. The summed E-state index contributed by atoms with van der Waals surface area (Å²) in [5.74, 6) is 1.23. The van der Waals surface area contributed by atoms with Crippen molar-refractivity contribution in [3.63, 3.8) is 0 Å². The number of hydrogen-bond acceptors (Lipinski definition) is 5. The van der Waals surface area contributed by atoms with Crippen molar-refractivity contribution in [3.05, 3.63) is 17.3 Å². The maximum atomic E-state index is 12.0. The van der Waals surface area contributed by atoms with E-state index < -0.39 is 10.0 Å². The van der Waals surface area contributed by atoms with E-state index in [1.54, 1.807) is 11.8 Å². The second-order valence-electron chi connectivity index (χ2n) is 4.03. The Bertz CT molecular complexity index is 530. The van der Waals surface area contributed by atoms with Gasteiger partial charge in [-0.3, -0.25) is 0 Å². The van der Waals surface area contributed by atoms with E-state index in [4.69, 9.17) is 17.3 Å². The van der Waals surface area contributed by atoms with E-state index in [9.17, 15) is 8.42 Å². The molecule has 0 spiro atoms. The molecule has 5 nitrogen and oxygen atoms in total. The lowest BCUT2D eigenvalue weighted by molar-refractivity contribution is 0.578. The standard InChI is InChI=1S/C10H14ClN3O2S2/c11-9-4-8(6-13-10(9)12)18(15,16)14-5-7-2-1-3-17-7/h4,6-7,14H,1-3,5H2,(H2,12,13). The van der Waals surface area contributed by atoms with Gasteiger partial charge in [0.2, 0.25) is 10.0 Å². The zero-order valence-corrected chi connectivity index (χ0v) is 12.0. The van der Waals surface area contributed by atoms with Crippen LogP contribution in [0, 0.1) is 0 Å². The van der Waals surface area contributed by atoms with Crippen molar-refractivity contribution in [3.8, 4) is 0 Å². The molecule has 0 aromatic carbocycles. The van der Waals surface area contributed by atoms with Crippen molar-refractivity contribution >= 4 is 39.2 Å². The molecule has 18 heavy (non-hydrogen) atoms. The molecule has 0 bridgehead atoms. The summed E-state index contributed by atoms with van der Waals surface area (Å²) in [7, 11) is -3.55. The molecule has 1 aromatic rings. The highest BCUT2D eigenvalue weighted by atomic mass is 35.5. The number of thioether (sulfide) groups is 1. The highest BCUT2D eigenvalue weighted by Gasteiger charge is 2.20. The van der Waals surface area contributed by atoms with Crippen LogP contribution in [0.25, 0.3) is 0 Å². The minimum absolute atomic E-state index is 0.0460. The van der Waals surface area contributed by atoms with Crippen LogP contribution in [-0.2, 0) is 10.0 Å². The van der Waals surface area contributed by atoms with Crippen LogP contribution in [-0.4, -0.2) is 30.9 Å². The molecule has 2 heterocycles. The first-order chi connectivity index (χ1) is 8.49. The number of rotatable bonds is 4. The predicted molar refractivity (Wildman–Crippen MR) is 74.3 cm³/mol. The smallest absolute Gasteiger partial charge is 0.242 e. The average molecular weight is 308 g/mol. The Kier molecular flexibility index (Phi) is 4.37. The van der Waals surface area contributed by atoms with Gasteiger partial charge in [0.15, 0.2) is 0 Å². The van der Waals surface area contributed by atoms with Gasteiger partial charge in [-0.25, -0.2) is 18.1 Å². The molecule has 1 saturated heterocycles. The third-order valence-corrected chi connectivity index (χ3v) is 5.77. The van der Waals surface area contributed by atoms with E-state index in [2.05, 4.69) is 9.71 Å². The number of hydrogen-bond donors (Lipinski definition) is 2. The first-order valence-corrected chi connectivity index (χ1v) is 8.42. The van der Waals surface area contributed by atoms with Gasteiger partial charge in [-0.1, -0.05) is 11.6 Å². The van der Waals surface area contributed by atoms with Crippen LogP contribution in [0.1, 0.15) is 12.8 Å². The SMILES string of the molecule is Nc1ncc(S(=O)(=O)NCC2CCCS2)cc1Cl. The minimum Gasteiger partial charge on any atom is -0.382 e. The Morgan fingerprint density at radius 2 is 2.39 bits per heavy atom. The molecular formula is C10H14ClN3O2S2. The highest BCUT2D eigenvalue weighted by molar-refractivity contribution is 8.00. The fourth-order valence-electron chi connectivity index (χ4n) is 1.67. The van der Waals surface area contributed by atoms with Crippen molar-refractivity contribution in [2.24, 2.45) is 0 Å². The van der Waals surface area contributed by atoms with Gasteiger partial charge in [0.1, 0.15) is 10.7 Å². The van der Waals surface area contributed by atoms with E-state index >= 15 is 0 Å². The number of nitrogens with zero attached hydrogens (tertiary/aromatic N) is 1. The number of pyridine rings is 1. The zero-order chi connectivity index (χ0) is 13.2. The highest BCUT2D eigenvalue weighted by Crippen LogP contribution is 2.26. The maximum absolute atomic E-state index is 12.0. The first kappa shape index (κ1) is 13.9. The normalized spacial score (nSPS) is 20.2. The second kappa shape index (κ2) is 5.64. The fraction of sp³-hybridized carbons (Fsp3) is 0.500. The largest absolute Gasteiger partial charge is 0.382 e. The first-order valence-electron chi connectivity index (χ1n) is 5.51. The lowest BCUT2D eigenvalue weighted by Crippen LogP contribution is -2.30. The Morgan fingerprint density at radius 3 is 3.00 bits per heavy atom. The maximum Gasteiger partial charge on any atom is 0.242 e. The minimum atomic E-state index is -3.55. The molecule has 0 aliphatic carbocycles. The van der Waals surface area contributed by atoms with Gasteiger partial charge in [-0.2, -0.15) is 11.8 Å². The zero-order valence-electron chi connectivity index (χ0n) is 9.60. The van der Waals surface area contributed by atoms with Crippen molar-refractivity contribution in [1.82, 2.24) is 9.71 Å². The van der Waals surface area contributed by atoms with E-state index in [1.165, 1.54) is 12.3 Å². The molecule has 100 valence electrons. The summed E-state index contributed by atoms with van der Waals surface area (Å²) in [6, 6.07) is 1.31. The molecule has 1 unspecified atom stereocenters. The van der Waals surface area contributed by atoms with E-state index in [-0.39, 0.29) is 15.7 Å². The van der Waals surface area contributed by atoms with Crippen molar-refractivity contribution in [1.29, 1.82) is 0 Å². The molecule has 2 rings (SSSR count). The molecule has 1 aliphatic rings. The number of halogens is 1. The lowest BCUT2D eigenvalue weighted by atomic mass is 10.2. The monoisotopic (exact) mass is 307 g/mol. The van der Waals surface area contributed by atoms with Crippen molar-refractivity contribution in [2.75, 3.05) is 18.0 Å².